The fraction of sp³-hybridized carbons (Fsp3) is 0.409. The molecule has 1 atom stereocenters. The lowest BCUT2D eigenvalue weighted by atomic mass is 9.87. The van der Waals surface area contributed by atoms with Gasteiger partial charge in [0.2, 0.25) is 0 Å². The fourth-order valence-electron chi connectivity index (χ4n) is 3.21. The molecule has 1 aromatic heterocycles. The summed E-state index contributed by atoms with van der Waals surface area (Å²) in [5.41, 5.74) is 13.7. The summed E-state index contributed by atoms with van der Waals surface area (Å²) in [4.78, 5) is 4.81. The van der Waals surface area contributed by atoms with Crippen LogP contribution in [0.15, 0.2) is 36.4 Å². The third-order valence-corrected chi connectivity index (χ3v) is 4.96. The molecule has 3 heteroatoms. The zero-order valence-corrected chi connectivity index (χ0v) is 16.2. The maximum Gasteiger partial charge on any atom is 0.126 e. The van der Waals surface area contributed by atoms with Crippen LogP contribution in [0.3, 0.4) is 0 Å². The fourth-order valence-corrected chi connectivity index (χ4v) is 3.21. The highest BCUT2D eigenvalue weighted by molar-refractivity contribution is 5.78. The average molecular weight is 335 g/mol. The van der Waals surface area contributed by atoms with Crippen molar-refractivity contribution in [3.63, 3.8) is 0 Å². The van der Waals surface area contributed by atoms with Crippen LogP contribution in [0.5, 0.6) is 0 Å². The molecule has 0 spiro atoms. The van der Waals surface area contributed by atoms with E-state index in [0.29, 0.717) is 0 Å². The van der Waals surface area contributed by atoms with Crippen molar-refractivity contribution in [2.75, 3.05) is 0 Å². The van der Waals surface area contributed by atoms with E-state index >= 15 is 0 Å². The van der Waals surface area contributed by atoms with Crippen LogP contribution in [0, 0.1) is 13.8 Å². The lowest BCUT2D eigenvalue weighted by Crippen LogP contribution is -2.14. The molecule has 0 aliphatic rings. The Kier molecular flexibility index (Phi) is 4.46. The van der Waals surface area contributed by atoms with Crippen LogP contribution in [-0.2, 0) is 12.0 Å². The summed E-state index contributed by atoms with van der Waals surface area (Å²) in [5, 5.41) is 0. The van der Waals surface area contributed by atoms with Gasteiger partial charge in [0.05, 0.1) is 17.1 Å². The van der Waals surface area contributed by atoms with Gasteiger partial charge >= 0.3 is 0 Å². The summed E-state index contributed by atoms with van der Waals surface area (Å²) in [7, 11) is 0. The first-order valence-electron chi connectivity index (χ1n) is 8.99. The van der Waals surface area contributed by atoms with Gasteiger partial charge in [-0.15, -0.1) is 0 Å². The van der Waals surface area contributed by atoms with Gasteiger partial charge in [0.15, 0.2) is 0 Å². The molecule has 0 saturated heterocycles. The van der Waals surface area contributed by atoms with Crippen molar-refractivity contribution in [2.24, 2.45) is 5.73 Å². The SMILES string of the molecule is Cc1cc2nc(C(C)N)n(Cc3ccc(C(C)(C)C)cc3)c2cc1C. The minimum Gasteiger partial charge on any atom is -0.322 e. The molecule has 25 heavy (non-hydrogen) atoms. The van der Waals surface area contributed by atoms with Crippen molar-refractivity contribution in [3.8, 4) is 0 Å². The smallest absolute Gasteiger partial charge is 0.126 e. The molecular weight excluding hydrogens is 306 g/mol. The summed E-state index contributed by atoms with van der Waals surface area (Å²) in [6, 6.07) is 13.2. The molecule has 0 saturated carbocycles. The molecule has 2 N–H and O–H groups in total. The third-order valence-electron chi connectivity index (χ3n) is 4.96. The summed E-state index contributed by atoms with van der Waals surface area (Å²) >= 11 is 0. The molecule has 1 unspecified atom stereocenters. The van der Waals surface area contributed by atoms with Crippen LogP contribution < -0.4 is 5.73 Å². The van der Waals surface area contributed by atoms with Crippen LogP contribution in [0.4, 0.5) is 0 Å². The number of aryl methyl sites for hydroxylation is 2. The van der Waals surface area contributed by atoms with Gasteiger partial charge in [0, 0.05) is 6.54 Å². The topological polar surface area (TPSA) is 43.8 Å². The highest BCUT2D eigenvalue weighted by atomic mass is 15.1. The number of fused-ring (bicyclic) bond motifs is 1. The molecule has 0 fully saturated rings. The Bertz CT molecular complexity index is 894. The van der Waals surface area contributed by atoms with Crippen molar-refractivity contribution in [1.82, 2.24) is 9.55 Å². The maximum atomic E-state index is 6.21. The lowest BCUT2D eigenvalue weighted by molar-refractivity contribution is 0.589. The molecule has 1 heterocycles. The van der Waals surface area contributed by atoms with Gasteiger partial charge in [-0.05, 0) is 60.6 Å². The van der Waals surface area contributed by atoms with Gasteiger partial charge in [-0.2, -0.15) is 0 Å². The van der Waals surface area contributed by atoms with Gasteiger partial charge in [-0.1, -0.05) is 45.0 Å². The Hall–Kier alpha value is -2.13. The third kappa shape index (κ3) is 3.47. The highest BCUT2D eigenvalue weighted by Gasteiger charge is 2.16. The number of nitrogens with zero attached hydrogens (tertiary/aromatic N) is 2. The first-order chi connectivity index (χ1) is 11.7. The minimum atomic E-state index is -0.0955. The summed E-state index contributed by atoms with van der Waals surface area (Å²) in [6.45, 7) is 13.8. The first kappa shape index (κ1) is 17.7. The van der Waals surface area contributed by atoms with Gasteiger partial charge in [-0.3, -0.25) is 0 Å². The molecule has 0 radical (unpaired) electrons. The van der Waals surface area contributed by atoms with Crippen molar-refractivity contribution in [1.29, 1.82) is 0 Å². The predicted molar refractivity (Wildman–Crippen MR) is 106 cm³/mol. The van der Waals surface area contributed by atoms with E-state index < -0.39 is 0 Å². The predicted octanol–water partition coefficient (Wildman–Crippen LogP) is 5.02. The van der Waals surface area contributed by atoms with Crippen LogP contribution in [0.1, 0.15) is 61.8 Å². The van der Waals surface area contributed by atoms with Crippen molar-refractivity contribution in [3.05, 3.63) is 64.5 Å². The normalized spacial score (nSPS) is 13.4. The van der Waals surface area contributed by atoms with Gasteiger partial charge in [-0.25, -0.2) is 4.98 Å². The molecule has 2 aromatic carbocycles. The van der Waals surface area contributed by atoms with Crippen LogP contribution in [0.25, 0.3) is 11.0 Å². The quantitative estimate of drug-likeness (QED) is 0.730. The number of imidazole rings is 1. The molecular formula is C22H29N3. The van der Waals surface area contributed by atoms with E-state index in [1.807, 2.05) is 6.92 Å². The lowest BCUT2D eigenvalue weighted by Gasteiger charge is -2.19. The van der Waals surface area contributed by atoms with Gasteiger partial charge in [0.1, 0.15) is 5.82 Å². The molecule has 0 aliphatic carbocycles. The average Bonchev–Trinajstić information content (AvgIpc) is 2.86. The molecule has 0 amide bonds. The molecule has 0 aliphatic heterocycles. The largest absolute Gasteiger partial charge is 0.322 e. The van der Waals surface area contributed by atoms with Crippen LogP contribution in [-0.4, -0.2) is 9.55 Å². The molecule has 0 bridgehead atoms. The number of aromatic nitrogens is 2. The Morgan fingerprint density at radius 2 is 1.64 bits per heavy atom. The Morgan fingerprint density at radius 1 is 1.04 bits per heavy atom. The number of rotatable bonds is 3. The number of nitrogens with two attached hydrogens (primary N) is 1. The summed E-state index contributed by atoms with van der Waals surface area (Å²) < 4.78 is 2.26. The second kappa shape index (κ2) is 6.30. The first-order valence-corrected chi connectivity index (χ1v) is 8.99. The molecule has 132 valence electrons. The second-order valence-corrected chi connectivity index (χ2v) is 8.22. The zero-order chi connectivity index (χ0) is 18.4. The number of benzene rings is 2. The standard InChI is InChI=1S/C22H29N3/c1-14-11-19-20(12-15(14)2)25(21(24-19)16(3)23)13-17-7-9-18(10-8-17)22(4,5)6/h7-12,16H,13,23H2,1-6H3. The Labute approximate surface area is 150 Å². The monoisotopic (exact) mass is 335 g/mol. The Morgan fingerprint density at radius 3 is 2.20 bits per heavy atom. The van der Waals surface area contributed by atoms with Gasteiger partial charge in [0.25, 0.3) is 0 Å². The van der Waals surface area contributed by atoms with E-state index in [4.69, 9.17) is 10.7 Å². The van der Waals surface area contributed by atoms with E-state index in [0.717, 1.165) is 23.4 Å². The maximum absolute atomic E-state index is 6.21. The minimum absolute atomic E-state index is 0.0955. The van der Waals surface area contributed by atoms with Crippen molar-refractivity contribution >= 4 is 11.0 Å². The second-order valence-electron chi connectivity index (χ2n) is 8.22. The van der Waals surface area contributed by atoms with E-state index in [2.05, 4.69) is 75.6 Å². The van der Waals surface area contributed by atoms with E-state index in [9.17, 15) is 0 Å². The molecule has 3 nitrogen and oxygen atoms in total. The van der Waals surface area contributed by atoms with E-state index in [1.54, 1.807) is 0 Å². The van der Waals surface area contributed by atoms with Gasteiger partial charge < -0.3 is 10.3 Å². The number of hydrogen-bond donors (Lipinski definition) is 1. The van der Waals surface area contributed by atoms with Crippen molar-refractivity contribution < 1.29 is 0 Å². The van der Waals surface area contributed by atoms with Crippen molar-refractivity contribution in [2.45, 2.75) is 59.5 Å². The summed E-state index contributed by atoms with van der Waals surface area (Å²) in [6.07, 6.45) is 0. The van der Waals surface area contributed by atoms with E-state index in [-0.39, 0.29) is 11.5 Å². The number of hydrogen-bond acceptors (Lipinski definition) is 2. The Balaban J connectivity index is 2.05. The van der Waals surface area contributed by atoms with Crippen LogP contribution >= 0.6 is 0 Å². The van der Waals surface area contributed by atoms with E-state index in [1.165, 1.54) is 22.3 Å². The highest BCUT2D eigenvalue weighted by Crippen LogP contribution is 2.26. The zero-order valence-electron chi connectivity index (χ0n) is 16.2. The molecule has 3 aromatic rings. The summed E-state index contributed by atoms with van der Waals surface area (Å²) in [5.74, 6) is 0.944. The molecule has 3 rings (SSSR count). The van der Waals surface area contributed by atoms with Crippen LogP contribution in [0.2, 0.25) is 0 Å².